The molecule has 2 fully saturated rings. The number of piperazine rings is 1. The van der Waals surface area contributed by atoms with Crippen LogP contribution in [0.15, 0.2) is 73.3 Å². The number of nitrogens with zero attached hydrogens (tertiary/aromatic N) is 4. The van der Waals surface area contributed by atoms with E-state index in [2.05, 4.69) is 23.1 Å². The number of ether oxygens (including phenoxy) is 1. The zero-order chi connectivity index (χ0) is 30.8. The number of hydrazine groups is 1. The minimum absolute atomic E-state index is 0.0401. The third-order valence-electron chi connectivity index (χ3n) is 7.55. The van der Waals surface area contributed by atoms with E-state index in [9.17, 15) is 19.2 Å². The second-order valence-corrected chi connectivity index (χ2v) is 10.3. The molecule has 43 heavy (non-hydrogen) atoms. The van der Waals surface area contributed by atoms with Crippen LogP contribution in [0.25, 0.3) is 0 Å². The molecule has 2 aliphatic heterocycles. The molecule has 2 aromatic rings. The van der Waals surface area contributed by atoms with Gasteiger partial charge in [-0.3, -0.25) is 9.59 Å². The van der Waals surface area contributed by atoms with Gasteiger partial charge in [0.1, 0.15) is 18.8 Å². The Balaban J connectivity index is 1.61. The number of benzene rings is 2. The molecule has 0 spiro atoms. The molecular formula is C32H38N6O5. The number of hydrogen-bond donors (Lipinski definition) is 2. The summed E-state index contributed by atoms with van der Waals surface area (Å²) in [4.78, 5) is 56.5. The van der Waals surface area contributed by atoms with Crippen molar-refractivity contribution in [2.24, 2.45) is 0 Å². The molecule has 11 heteroatoms. The highest BCUT2D eigenvalue weighted by molar-refractivity contribution is 5.91. The first-order valence-corrected chi connectivity index (χ1v) is 14.3. The van der Waals surface area contributed by atoms with Crippen molar-refractivity contribution < 1.29 is 23.9 Å². The maximum Gasteiger partial charge on any atom is 0.407 e. The number of carbonyl (C=O) groups excluding carboxylic acids is 4. The van der Waals surface area contributed by atoms with Crippen LogP contribution < -0.4 is 10.6 Å². The first-order valence-electron chi connectivity index (χ1n) is 14.3. The first kappa shape index (κ1) is 31.1. The topological polar surface area (TPSA) is 115 Å². The lowest BCUT2D eigenvalue weighted by atomic mass is 9.98. The first-order chi connectivity index (χ1) is 20.8. The average Bonchev–Trinajstić information content (AvgIpc) is 3.02. The van der Waals surface area contributed by atoms with Gasteiger partial charge in [0.05, 0.1) is 25.7 Å². The van der Waals surface area contributed by atoms with Gasteiger partial charge in [-0.05, 0) is 30.9 Å². The zero-order valence-electron chi connectivity index (χ0n) is 24.4. The van der Waals surface area contributed by atoms with Crippen LogP contribution >= 0.6 is 0 Å². The Labute approximate surface area is 252 Å². The van der Waals surface area contributed by atoms with Gasteiger partial charge in [-0.25, -0.2) is 14.6 Å². The fourth-order valence-corrected chi connectivity index (χ4v) is 5.46. The predicted octanol–water partition coefficient (Wildman–Crippen LogP) is 2.88. The maximum absolute atomic E-state index is 14.0. The summed E-state index contributed by atoms with van der Waals surface area (Å²) in [5.41, 5.74) is 1.84. The van der Waals surface area contributed by atoms with Crippen LogP contribution in [0.3, 0.4) is 0 Å². The monoisotopic (exact) mass is 586 g/mol. The van der Waals surface area contributed by atoms with E-state index in [1.54, 1.807) is 9.91 Å². The van der Waals surface area contributed by atoms with Gasteiger partial charge in [0.25, 0.3) is 0 Å². The standard InChI is InChI=1S/C32H38N6O5/c1-4-19-35-23-29(39)37-27(17-12-18-33-32(42)43-20-5-2)30(40)36(24(3)26-15-10-7-11-16-26)22-28(37)38(35)31(41)34-21-25-13-8-6-9-14-25/h1,5-11,13-16,24,27-28H,2,12,17-23H2,3H3,(H,33,42)(H,34,41)/t24-,27+,28+/m1/s1. The van der Waals surface area contributed by atoms with Gasteiger partial charge in [-0.1, -0.05) is 79.2 Å². The van der Waals surface area contributed by atoms with Crippen molar-refractivity contribution in [3.63, 3.8) is 0 Å². The van der Waals surface area contributed by atoms with Gasteiger partial charge >= 0.3 is 12.1 Å². The highest BCUT2D eigenvalue weighted by Crippen LogP contribution is 2.33. The predicted molar refractivity (Wildman–Crippen MR) is 161 cm³/mol. The largest absolute Gasteiger partial charge is 0.445 e. The Hall–Kier alpha value is -4.82. The van der Waals surface area contributed by atoms with Crippen LogP contribution in [-0.2, 0) is 20.9 Å². The summed E-state index contributed by atoms with van der Waals surface area (Å²) in [6.45, 7) is 6.04. The number of terminal acetylenes is 1. The second-order valence-electron chi connectivity index (χ2n) is 10.3. The molecule has 2 aliphatic rings. The van der Waals surface area contributed by atoms with Gasteiger partial charge in [0.2, 0.25) is 11.8 Å². The zero-order valence-corrected chi connectivity index (χ0v) is 24.4. The lowest BCUT2D eigenvalue weighted by Gasteiger charge is -2.55. The quantitative estimate of drug-likeness (QED) is 0.238. The van der Waals surface area contributed by atoms with Crippen molar-refractivity contribution in [3.05, 3.63) is 84.4 Å². The minimum Gasteiger partial charge on any atom is -0.445 e. The molecular weight excluding hydrogens is 548 g/mol. The van der Waals surface area contributed by atoms with E-state index in [4.69, 9.17) is 11.2 Å². The van der Waals surface area contributed by atoms with E-state index in [1.165, 1.54) is 16.0 Å². The molecule has 2 N–H and O–H groups in total. The normalized spacial score (nSPS) is 19.2. The lowest BCUT2D eigenvalue weighted by Crippen LogP contribution is -2.76. The highest BCUT2D eigenvalue weighted by atomic mass is 16.5. The van der Waals surface area contributed by atoms with E-state index in [-0.39, 0.29) is 63.6 Å². The second kappa shape index (κ2) is 14.9. The van der Waals surface area contributed by atoms with Crippen molar-refractivity contribution in [1.29, 1.82) is 0 Å². The number of amides is 5. The third kappa shape index (κ3) is 7.53. The third-order valence-corrected chi connectivity index (χ3v) is 7.55. The Kier molecular flexibility index (Phi) is 10.8. The van der Waals surface area contributed by atoms with Crippen molar-refractivity contribution >= 4 is 23.9 Å². The number of hydrogen-bond acceptors (Lipinski definition) is 6. The molecule has 11 nitrogen and oxygen atoms in total. The summed E-state index contributed by atoms with van der Waals surface area (Å²) in [7, 11) is 0. The van der Waals surface area contributed by atoms with E-state index in [0.717, 1.165) is 11.1 Å². The molecule has 2 aromatic carbocycles. The van der Waals surface area contributed by atoms with Gasteiger partial charge in [0.15, 0.2) is 0 Å². The highest BCUT2D eigenvalue weighted by Gasteiger charge is 2.51. The summed E-state index contributed by atoms with van der Waals surface area (Å²) < 4.78 is 4.95. The fraction of sp³-hybridized carbons (Fsp3) is 0.375. The molecule has 3 atom stereocenters. The van der Waals surface area contributed by atoms with E-state index in [1.807, 2.05) is 67.6 Å². The maximum atomic E-state index is 14.0. The summed E-state index contributed by atoms with van der Waals surface area (Å²) in [5.74, 6) is 2.04. The molecule has 2 heterocycles. The number of nitrogens with one attached hydrogen (secondary N) is 2. The molecule has 0 unspecified atom stereocenters. The SMILES string of the molecule is C#CCN1CC(=O)N2[C@@H](CCCNC(=O)OCC=C)C(=O)N([C@H](C)c3ccccc3)C[C@@H]2N1C(=O)NCc1ccccc1. The number of rotatable bonds is 11. The average molecular weight is 587 g/mol. The van der Waals surface area contributed by atoms with Crippen LogP contribution in [0.1, 0.15) is 36.9 Å². The molecule has 0 bridgehead atoms. The van der Waals surface area contributed by atoms with Crippen LogP contribution in [0, 0.1) is 12.3 Å². The molecule has 5 amide bonds. The summed E-state index contributed by atoms with van der Waals surface area (Å²) in [6, 6.07) is 17.5. The van der Waals surface area contributed by atoms with Crippen LogP contribution in [-0.4, -0.2) is 88.7 Å². The molecule has 4 rings (SSSR count). The van der Waals surface area contributed by atoms with Crippen molar-refractivity contribution in [1.82, 2.24) is 30.5 Å². The summed E-state index contributed by atoms with van der Waals surface area (Å²) in [6.07, 6.45) is 6.41. The van der Waals surface area contributed by atoms with E-state index in [0.29, 0.717) is 6.42 Å². The number of urea groups is 1. The minimum atomic E-state index is -0.846. The van der Waals surface area contributed by atoms with Crippen molar-refractivity contribution in [2.75, 3.05) is 32.8 Å². The van der Waals surface area contributed by atoms with Gasteiger partial charge in [0, 0.05) is 13.1 Å². The Morgan fingerprint density at radius 2 is 1.81 bits per heavy atom. The van der Waals surface area contributed by atoms with Crippen molar-refractivity contribution in [2.45, 2.75) is 44.6 Å². The number of carbonyl (C=O) groups is 4. The lowest BCUT2D eigenvalue weighted by molar-refractivity contribution is -0.191. The van der Waals surface area contributed by atoms with Gasteiger partial charge in [-0.15, -0.1) is 6.42 Å². The molecule has 0 aromatic heterocycles. The Bertz CT molecular complexity index is 1330. The van der Waals surface area contributed by atoms with Crippen LogP contribution in [0.5, 0.6) is 0 Å². The Morgan fingerprint density at radius 1 is 1.12 bits per heavy atom. The van der Waals surface area contributed by atoms with Crippen LogP contribution in [0.4, 0.5) is 9.59 Å². The Morgan fingerprint density at radius 3 is 2.49 bits per heavy atom. The van der Waals surface area contributed by atoms with E-state index >= 15 is 0 Å². The van der Waals surface area contributed by atoms with Gasteiger partial charge in [-0.2, -0.15) is 5.01 Å². The molecule has 0 radical (unpaired) electrons. The fourth-order valence-electron chi connectivity index (χ4n) is 5.46. The number of alkyl carbamates (subject to hydrolysis) is 1. The number of fused-ring (bicyclic) bond motifs is 1. The molecule has 2 saturated heterocycles. The smallest absolute Gasteiger partial charge is 0.407 e. The summed E-state index contributed by atoms with van der Waals surface area (Å²) >= 11 is 0. The van der Waals surface area contributed by atoms with E-state index < -0.39 is 24.3 Å². The van der Waals surface area contributed by atoms with Crippen LogP contribution in [0.2, 0.25) is 0 Å². The molecule has 0 saturated carbocycles. The molecule has 0 aliphatic carbocycles. The van der Waals surface area contributed by atoms with Crippen molar-refractivity contribution in [3.8, 4) is 12.3 Å². The van der Waals surface area contributed by atoms with Gasteiger partial charge < -0.3 is 25.2 Å². The molecule has 226 valence electrons. The summed E-state index contributed by atoms with van der Waals surface area (Å²) in [5, 5.41) is 8.65.